The molecule has 0 unspecified atom stereocenters. The number of carboxylic acid groups (broad SMARTS) is 1. The zero-order valence-corrected chi connectivity index (χ0v) is 19.0. The monoisotopic (exact) mass is 497 g/mol. The van der Waals surface area contributed by atoms with Gasteiger partial charge in [-0.15, -0.1) is 0 Å². The lowest BCUT2D eigenvalue weighted by Crippen LogP contribution is -2.48. The molecule has 186 valence electrons. The number of aromatic nitrogens is 3. The lowest BCUT2D eigenvalue weighted by molar-refractivity contribution is -0.192. The molecule has 0 radical (unpaired) electrons. The SMILES string of the molecule is O=C(O)C(F)(F)F.O=C(c1ccncc1)N1CCN(c2cnn3ccc(-c4ccccc4)cc23)CC1. The summed E-state index contributed by atoms with van der Waals surface area (Å²) in [5.41, 5.74) is 5.25. The molecule has 1 saturated heterocycles. The Bertz CT molecular complexity index is 1340. The van der Waals surface area contributed by atoms with Gasteiger partial charge in [-0.3, -0.25) is 9.78 Å². The fourth-order valence-corrected chi connectivity index (χ4v) is 3.85. The number of carbonyl (C=O) groups is 2. The summed E-state index contributed by atoms with van der Waals surface area (Å²) < 4.78 is 33.6. The van der Waals surface area contributed by atoms with Gasteiger partial charge < -0.3 is 14.9 Å². The summed E-state index contributed by atoms with van der Waals surface area (Å²) in [5, 5.41) is 11.6. The van der Waals surface area contributed by atoms with Crippen LogP contribution in [0.25, 0.3) is 16.6 Å². The number of benzene rings is 1. The Morgan fingerprint density at radius 1 is 0.889 bits per heavy atom. The van der Waals surface area contributed by atoms with Crippen molar-refractivity contribution in [1.82, 2.24) is 19.5 Å². The number of anilines is 1. The van der Waals surface area contributed by atoms with E-state index >= 15 is 0 Å². The summed E-state index contributed by atoms with van der Waals surface area (Å²) in [4.78, 5) is 29.8. The summed E-state index contributed by atoms with van der Waals surface area (Å²) in [6.07, 6.45) is 2.16. The van der Waals surface area contributed by atoms with Crippen LogP contribution in [0.1, 0.15) is 10.4 Å². The highest BCUT2D eigenvalue weighted by Crippen LogP contribution is 2.27. The second-order valence-corrected chi connectivity index (χ2v) is 7.96. The first kappa shape index (κ1) is 24.7. The van der Waals surface area contributed by atoms with Crippen molar-refractivity contribution in [3.8, 4) is 11.1 Å². The lowest BCUT2D eigenvalue weighted by Gasteiger charge is -2.35. The summed E-state index contributed by atoms with van der Waals surface area (Å²) in [7, 11) is 0. The molecule has 11 heteroatoms. The highest BCUT2D eigenvalue weighted by Gasteiger charge is 2.38. The van der Waals surface area contributed by atoms with Crippen molar-refractivity contribution in [2.45, 2.75) is 6.18 Å². The van der Waals surface area contributed by atoms with Gasteiger partial charge in [-0.25, -0.2) is 9.31 Å². The smallest absolute Gasteiger partial charge is 0.475 e. The number of hydrogen-bond donors (Lipinski definition) is 1. The molecule has 0 bridgehead atoms. The Morgan fingerprint density at radius 3 is 2.14 bits per heavy atom. The van der Waals surface area contributed by atoms with Crippen molar-refractivity contribution in [3.63, 3.8) is 0 Å². The number of hydrogen-bond acceptors (Lipinski definition) is 5. The van der Waals surface area contributed by atoms with Crippen LogP contribution in [0.3, 0.4) is 0 Å². The standard InChI is InChI=1S/C23H21N5O.C2HF3O2/c29-23(19-6-9-24-10-7-19)27-14-12-26(13-15-27)22-17-25-28-11-8-20(16-21(22)28)18-4-2-1-3-5-18;3-2(4,5)1(6)7/h1-11,16-17H,12-15H2;(H,6,7). The molecule has 3 aromatic heterocycles. The van der Waals surface area contributed by atoms with Crippen LogP contribution in [0.4, 0.5) is 18.9 Å². The number of halogens is 3. The minimum atomic E-state index is -5.08. The Labute approximate surface area is 204 Å². The molecule has 1 aliphatic heterocycles. The fraction of sp³-hybridized carbons (Fsp3) is 0.200. The maximum absolute atomic E-state index is 12.7. The van der Waals surface area contributed by atoms with Crippen molar-refractivity contribution in [3.05, 3.63) is 84.9 Å². The van der Waals surface area contributed by atoms with Gasteiger partial charge in [-0.05, 0) is 35.4 Å². The van der Waals surface area contributed by atoms with E-state index in [0.29, 0.717) is 18.7 Å². The molecular formula is C25H22F3N5O3. The molecule has 0 saturated carbocycles. The zero-order chi connectivity index (χ0) is 25.7. The predicted molar refractivity (Wildman–Crippen MR) is 127 cm³/mol. The van der Waals surface area contributed by atoms with Crippen molar-refractivity contribution >= 4 is 23.1 Å². The summed E-state index contributed by atoms with van der Waals surface area (Å²) in [5.74, 6) is -2.69. The first-order valence-corrected chi connectivity index (χ1v) is 11.0. The molecule has 0 spiro atoms. The number of amides is 1. The molecule has 4 aromatic rings. The third-order valence-electron chi connectivity index (χ3n) is 5.69. The Kier molecular flexibility index (Phi) is 7.18. The van der Waals surface area contributed by atoms with E-state index in [1.54, 1.807) is 24.5 Å². The first-order valence-electron chi connectivity index (χ1n) is 11.0. The number of aliphatic carboxylic acids is 1. The van der Waals surface area contributed by atoms with Crippen molar-refractivity contribution in [2.24, 2.45) is 0 Å². The molecule has 5 rings (SSSR count). The molecule has 8 nitrogen and oxygen atoms in total. The predicted octanol–water partition coefficient (Wildman–Crippen LogP) is 3.99. The number of piperazine rings is 1. The molecule has 0 atom stereocenters. The molecular weight excluding hydrogens is 475 g/mol. The number of nitrogens with zero attached hydrogens (tertiary/aromatic N) is 5. The van der Waals surface area contributed by atoms with Gasteiger partial charge in [0, 0.05) is 50.3 Å². The van der Waals surface area contributed by atoms with E-state index in [2.05, 4.69) is 51.4 Å². The van der Waals surface area contributed by atoms with Gasteiger partial charge in [0.2, 0.25) is 0 Å². The van der Waals surface area contributed by atoms with E-state index in [1.807, 2.05) is 27.9 Å². The minimum absolute atomic E-state index is 0.0679. The maximum Gasteiger partial charge on any atom is 0.490 e. The number of fused-ring (bicyclic) bond motifs is 1. The van der Waals surface area contributed by atoms with Gasteiger partial charge in [0.1, 0.15) is 0 Å². The third-order valence-corrected chi connectivity index (χ3v) is 5.69. The molecule has 0 aliphatic carbocycles. The highest BCUT2D eigenvalue weighted by atomic mass is 19.4. The van der Waals surface area contributed by atoms with Gasteiger partial charge in [-0.2, -0.15) is 18.3 Å². The zero-order valence-electron chi connectivity index (χ0n) is 19.0. The summed E-state index contributed by atoms with van der Waals surface area (Å²) >= 11 is 0. The molecule has 4 heterocycles. The maximum atomic E-state index is 12.7. The largest absolute Gasteiger partial charge is 0.490 e. The summed E-state index contributed by atoms with van der Waals surface area (Å²) in [6, 6.07) is 18.2. The van der Waals surface area contributed by atoms with Crippen LogP contribution in [-0.4, -0.2) is 68.8 Å². The van der Waals surface area contributed by atoms with Crippen LogP contribution >= 0.6 is 0 Å². The number of alkyl halides is 3. The molecule has 1 aliphatic rings. The fourth-order valence-electron chi connectivity index (χ4n) is 3.85. The van der Waals surface area contributed by atoms with E-state index in [1.165, 1.54) is 11.1 Å². The Hall–Kier alpha value is -4.41. The highest BCUT2D eigenvalue weighted by molar-refractivity contribution is 5.94. The van der Waals surface area contributed by atoms with E-state index in [0.717, 1.165) is 24.3 Å². The Balaban J connectivity index is 0.000000384. The topological polar surface area (TPSA) is 91.0 Å². The average molecular weight is 497 g/mol. The van der Waals surface area contributed by atoms with Crippen LogP contribution in [0.15, 0.2) is 79.4 Å². The lowest BCUT2D eigenvalue weighted by atomic mass is 10.1. The molecule has 36 heavy (non-hydrogen) atoms. The van der Waals surface area contributed by atoms with E-state index in [9.17, 15) is 18.0 Å². The quantitative estimate of drug-likeness (QED) is 0.460. The van der Waals surface area contributed by atoms with Crippen LogP contribution in [0.2, 0.25) is 0 Å². The second kappa shape index (κ2) is 10.5. The van der Waals surface area contributed by atoms with E-state index in [4.69, 9.17) is 9.90 Å². The van der Waals surface area contributed by atoms with Crippen LogP contribution in [-0.2, 0) is 4.79 Å². The van der Waals surface area contributed by atoms with Crippen LogP contribution < -0.4 is 4.90 Å². The Morgan fingerprint density at radius 2 is 1.53 bits per heavy atom. The first-order chi connectivity index (χ1) is 17.2. The molecule has 1 N–H and O–H groups in total. The minimum Gasteiger partial charge on any atom is -0.475 e. The van der Waals surface area contributed by atoms with Crippen molar-refractivity contribution < 1.29 is 27.9 Å². The molecule has 1 amide bonds. The van der Waals surface area contributed by atoms with Crippen molar-refractivity contribution in [1.29, 1.82) is 0 Å². The normalized spacial score (nSPS) is 13.8. The van der Waals surface area contributed by atoms with Gasteiger partial charge >= 0.3 is 12.1 Å². The molecule has 1 fully saturated rings. The number of pyridine rings is 2. The number of rotatable bonds is 3. The van der Waals surface area contributed by atoms with Crippen molar-refractivity contribution in [2.75, 3.05) is 31.1 Å². The van der Waals surface area contributed by atoms with E-state index < -0.39 is 12.1 Å². The second-order valence-electron chi connectivity index (χ2n) is 7.96. The summed E-state index contributed by atoms with van der Waals surface area (Å²) in [6.45, 7) is 2.95. The van der Waals surface area contributed by atoms with E-state index in [-0.39, 0.29) is 5.91 Å². The average Bonchev–Trinajstić information content (AvgIpc) is 3.32. The van der Waals surface area contributed by atoms with Crippen LogP contribution in [0.5, 0.6) is 0 Å². The van der Waals surface area contributed by atoms with Gasteiger partial charge in [-0.1, -0.05) is 30.3 Å². The van der Waals surface area contributed by atoms with Gasteiger partial charge in [0.05, 0.1) is 17.4 Å². The number of carbonyl (C=O) groups excluding carboxylic acids is 1. The van der Waals surface area contributed by atoms with Crippen LogP contribution in [0, 0.1) is 0 Å². The molecule has 1 aromatic carbocycles. The number of carboxylic acids is 1. The van der Waals surface area contributed by atoms with Gasteiger partial charge in [0.25, 0.3) is 5.91 Å². The third kappa shape index (κ3) is 5.62. The van der Waals surface area contributed by atoms with Gasteiger partial charge in [0.15, 0.2) is 0 Å².